The Balaban J connectivity index is 1.34. The minimum atomic E-state index is -4.62. The molecule has 1 aliphatic rings. The van der Waals surface area contributed by atoms with Gasteiger partial charge in [0.05, 0.1) is 12.1 Å². The fourth-order valence-corrected chi connectivity index (χ4v) is 4.64. The third-order valence-corrected chi connectivity index (χ3v) is 6.61. The van der Waals surface area contributed by atoms with Crippen LogP contribution in [0.25, 0.3) is 22.0 Å². The number of hydrogen-bond acceptors (Lipinski definition) is 9. The molecule has 224 valence electrons. The summed E-state index contributed by atoms with van der Waals surface area (Å²) >= 11 is 0. The van der Waals surface area contributed by atoms with E-state index in [1.54, 1.807) is 37.5 Å². The average Bonchev–Trinajstić information content (AvgIpc) is 3.53. The number of Topliss-reactive ketones (excluding diaryl/α,β-unsaturated/α-hetero) is 1. The first-order chi connectivity index (χ1) is 20.4. The number of likely N-dealkylation sites (tertiary alicyclic amines) is 1. The van der Waals surface area contributed by atoms with E-state index in [4.69, 9.17) is 0 Å². The van der Waals surface area contributed by atoms with E-state index in [0.29, 0.717) is 22.3 Å². The number of anilines is 1. The number of nitrogens with one attached hydrogen (secondary N) is 1. The molecule has 16 heteroatoms. The summed E-state index contributed by atoms with van der Waals surface area (Å²) in [4.78, 5) is 55.5. The number of nitrogens with zero attached hydrogens (tertiary/aromatic N) is 7. The van der Waals surface area contributed by atoms with Crippen LogP contribution in [0.1, 0.15) is 29.7 Å². The molecule has 5 rings (SSSR count). The summed E-state index contributed by atoms with van der Waals surface area (Å²) in [6, 6.07) is 4.55. The summed E-state index contributed by atoms with van der Waals surface area (Å²) in [6.07, 6.45) is -2.05. The van der Waals surface area contributed by atoms with Crippen molar-refractivity contribution in [2.45, 2.75) is 45.2 Å². The van der Waals surface area contributed by atoms with Gasteiger partial charge in [-0.3, -0.25) is 19.1 Å². The smallest absolute Gasteiger partial charge is 0.422 e. The summed E-state index contributed by atoms with van der Waals surface area (Å²) in [5, 5.41) is 7.20. The van der Waals surface area contributed by atoms with E-state index in [-0.39, 0.29) is 30.3 Å². The zero-order valence-electron chi connectivity index (χ0n) is 22.8. The van der Waals surface area contributed by atoms with Gasteiger partial charge in [0.15, 0.2) is 12.4 Å². The molecule has 0 unspecified atom stereocenters. The molecule has 0 saturated carbocycles. The van der Waals surface area contributed by atoms with E-state index >= 15 is 0 Å². The van der Waals surface area contributed by atoms with E-state index in [2.05, 4.69) is 35.1 Å². The lowest BCUT2D eigenvalue weighted by Gasteiger charge is -2.23. The van der Waals surface area contributed by atoms with E-state index in [0.717, 1.165) is 16.7 Å². The molecule has 1 aromatic carbocycles. The molecule has 1 aliphatic heterocycles. The zero-order valence-corrected chi connectivity index (χ0v) is 22.8. The molecule has 0 radical (unpaired) electrons. The molecule has 1 N–H and O–H groups in total. The monoisotopic (exact) mass is 600 g/mol. The van der Waals surface area contributed by atoms with Crippen LogP contribution in [0.15, 0.2) is 42.9 Å². The molecule has 4 aromatic rings. The third-order valence-electron chi connectivity index (χ3n) is 6.61. The van der Waals surface area contributed by atoms with Gasteiger partial charge in [-0.15, -0.1) is 0 Å². The molecular weight excluding hydrogens is 576 g/mol. The van der Waals surface area contributed by atoms with Crippen molar-refractivity contribution in [1.82, 2.24) is 34.6 Å². The number of fused-ring (bicyclic) bond motifs is 1. The molecule has 0 aliphatic carbocycles. The molecule has 12 nitrogen and oxygen atoms in total. The Morgan fingerprint density at radius 3 is 2.53 bits per heavy atom. The number of carbonyl (C=O) groups excluding carboxylic acids is 3. The van der Waals surface area contributed by atoms with Gasteiger partial charge in [-0.25, -0.2) is 19.3 Å². The number of rotatable bonds is 8. The van der Waals surface area contributed by atoms with Crippen molar-refractivity contribution in [3.05, 3.63) is 54.4 Å². The fourth-order valence-electron chi connectivity index (χ4n) is 4.64. The van der Waals surface area contributed by atoms with Gasteiger partial charge in [-0.05, 0) is 30.7 Å². The minimum Gasteiger partial charge on any atom is -0.454 e. The van der Waals surface area contributed by atoms with Crippen molar-refractivity contribution >= 4 is 34.3 Å². The molecule has 1 fully saturated rings. The maximum atomic E-state index is 14.5. The molecule has 1 saturated heterocycles. The van der Waals surface area contributed by atoms with E-state index < -0.39 is 49.4 Å². The van der Waals surface area contributed by atoms with E-state index in [1.165, 1.54) is 17.7 Å². The third kappa shape index (κ3) is 6.73. The number of aryl methyl sites for hydroxylation is 1. The maximum absolute atomic E-state index is 14.5. The quantitative estimate of drug-likeness (QED) is 0.238. The first-order valence-corrected chi connectivity index (χ1v) is 13.0. The Morgan fingerprint density at radius 2 is 1.84 bits per heavy atom. The van der Waals surface area contributed by atoms with Crippen molar-refractivity contribution in [3.8, 4) is 17.1 Å². The van der Waals surface area contributed by atoms with E-state index in [1.807, 2.05) is 0 Å². The lowest BCUT2D eigenvalue weighted by molar-refractivity contribution is -0.154. The Hall–Kier alpha value is -5.02. The SMILES string of the molecule is CC(=O)c1nn(CC(=O)N2C[C@H](F)C[C@H]2C(=O)Nc2ccnc(OCC(F)(F)F)n2)c2ccc(-c3cnc(C)nc3)cc12. The molecular formula is C27H24F4N8O4. The predicted molar refractivity (Wildman–Crippen MR) is 143 cm³/mol. The second-order valence-electron chi connectivity index (χ2n) is 9.83. The molecule has 43 heavy (non-hydrogen) atoms. The second kappa shape index (κ2) is 11.7. The molecule has 3 aromatic heterocycles. The predicted octanol–water partition coefficient (Wildman–Crippen LogP) is 3.31. The average molecular weight is 601 g/mol. The summed E-state index contributed by atoms with van der Waals surface area (Å²) < 4.78 is 57.6. The van der Waals surface area contributed by atoms with Gasteiger partial charge in [0.25, 0.3) is 0 Å². The van der Waals surface area contributed by atoms with Crippen LogP contribution in [0, 0.1) is 6.92 Å². The van der Waals surface area contributed by atoms with Gasteiger partial charge in [-0.2, -0.15) is 23.3 Å². The molecule has 0 spiro atoms. The van der Waals surface area contributed by atoms with Crippen molar-refractivity contribution in [1.29, 1.82) is 0 Å². The highest BCUT2D eigenvalue weighted by molar-refractivity contribution is 6.06. The van der Waals surface area contributed by atoms with Gasteiger partial charge in [0.2, 0.25) is 11.8 Å². The number of halogens is 4. The van der Waals surface area contributed by atoms with Gasteiger partial charge >= 0.3 is 12.2 Å². The van der Waals surface area contributed by atoms with Gasteiger partial charge in [0, 0.05) is 42.9 Å². The van der Waals surface area contributed by atoms with Gasteiger partial charge in [-0.1, -0.05) is 6.07 Å². The van der Waals surface area contributed by atoms with Crippen LogP contribution < -0.4 is 10.1 Å². The fraction of sp³-hybridized carbons (Fsp3) is 0.333. The topological polar surface area (TPSA) is 145 Å². The van der Waals surface area contributed by atoms with Crippen LogP contribution in [-0.4, -0.2) is 83.8 Å². The number of carbonyl (C=O) groups is 3. The van der Waals surface area contributed by atoms with Gasteiger partial charge in [0.1, 0.15) is 36.1 Å². The first kappa shape index (κ1) is 29.5. The Labute approximate surface area is 241 Å². The first-order valence-electron chi connectivity index (χ1n) is 13.0. The summed E-state index contributed by atoms with van der Waals surface area (Å²) in [6.45, 7) is 0.711. The van der Waals surface area contributed by atoms with Crippen LogP contribution in [-0.2, 0) is 16.1 Å². The van der Waals surface area contributed by atoms with Gasteiger partial charge < -0.3 is 15.0 Å². The normalized spacial score (nSPS) is 16.8. The number of ether oxygens (including phenoxy) is 1. The highest BCUT2D eigenvalue weighted by Crippen LogP contribution is 2.28. The Kier molecular flexibility index (Phi) is 8.02. The van der Waals surface area contributed by atoms with Crippen molar-refractivity contribution < 1.29 is 36.7 Å². The Morgan fingerprint density at radius 1 is 1.09 bits per heavy atom. The van der Waals surface area contributed by atoms with Crippen LogP contribution >= 0.6 is 0 Å². The summed E-state index contributed by atoms with van der Waals surface area (Å²) in [7, 11) is 0. The van der Waals surface area contributed by atoms with Crippen LogP contribution in [0.5, 0.6) is 6.01 Å². The number of amides is 2. The summed E-state index contributed by atoms with van der Waals surface area (Å²) in [5.41, 5.74) is 2.05. The van der Waals surface area contributed by atoms with Crippen molar-refractivity contribution in [2.75, 3.05) is 18.5 Å². The number of hydrogen-bond donors (Lipinski definition) is 1. The number of aromatic nitrogens is 6. The largest absolute Gasteiger partial charge is 0.454 e. The molecule has 2 atom stereocenters. The lowest BCUT2D eigenvalue weighted by Crippen LogP contribution is -2.44. The molecule has 0 bridgehead atoms. The van der Waals surface area contributed by atoms with Crippen LogP contribution in [0.2, 0.25) is 0 Å². The number of alkyl halides is 4. The highest BCUT2D eigenvalue weighted by atomic mass is 19.4. The number of ketones is 1. The van der Waals surface area contributed by atoms with Crippen molar-refractivity contribution in [2.24, 2.45) is 0 Å². The second-order valence-corrected chi connectivity index (χ2v) is 9.83. The Bertz CT molecular complexity index is 1690. The van der Waals surface area contributed by atoms with Crippen LogP contribution in [0.3, 0.4) is 0 Å². The highest BCUT2D eigenvalue weighted by Gasteiger charge is 2.40. The maximum Gasteiger partial charge on any atom is 0.422 e. The van der Waals surface area contributed by atoms with Crippen LogP contribution in [0.4, 0.5) is 23.4 Å². The van der Waals surface area contributed by atoms with E-state index in [9.17, 15) is 31.9 Å². The van der Waals surface area contributed by atoms with Crippen molar-refractivity contribution in [3.63, 3.8) is 0 Å². The zero-order chi connectivity index (χ0) is 30.9. The molecule has 2 amide bonds. The number of benzene rings is 1. The summed E-state index contributed by atoms with van der Waals surface area (Å²) in [5.74, 6) is -1.35. The standard InChI is InChI=1S/C27H24F4N8O4/c1-14(40)24-19-7-16(17-9-33-15(2)34-10-17)3-4-20(19)39(37-24)12-23(41)38-11-18(28)8-21(38)25(42)35-22-5-6-32-26(36-22)43-13-27(29,30)31/h3-7,9-10,18,21H,8,11-13H2,1-2H3,(H,32,35,36,42)/t18-,21+/m1/s1. The lowest BCUT2D eigenvalue weighted by atomic mass is 10.0. The minimum absolute atomic E-state index is 0.129. The molecule has 4 heterocycles.